The Morgan fingerprint density at radius 1 is 0.960 bits per heavy atom. The van der Waals surface area contributed by atoms with Crippen molar-refractivity contribution < 1.29 is 19.1 Å². The number of hydrogen-bond acceptors (Lipinski definition) is 4. The number of aryl methyl sites for hydroxylation is 1. The van der Waals surface area contributed by atoms with Gasteiger partial charge in [0.25, 0.3) is 5.91 Å². The number of amides is 2. The van der Waals surface area contributed by atoms with Gasteiger partial charge in [-0.3, -0.25) is 20.4 Å². The highest BCUT2D eigenvalue weighted by Crippen LogP contribution is 2.17. The second-order valence-electron chi connectivity index (χ2n) is 5.37. The molecular weight excluding hydrogens is 320 g/mol. The van der Waals surface area contributed by atoms with E-state index >= 15 is 0 Å². The molecule has 2 aromatic rings. The van der Waals surface area contributed by atoms with E-state index in [1.807, 2.05) is 31.2 Å². The number of rotatable bonds is 7. The predicted molar refractivity (Wildman–Crippen MR) is 94.3 cm³/mol. The molecule has 0 radical (unpaired) electrons. The molecule has 0 bridgehead atoms. The third-order valence-electron chi connectivity index (χ3n) is 3.58. The van der Waals surface area contributed by atoms with Crippen LogP contribution in [-0.2, 0) is 22.4 Å². The summed E-state index contributed by atoms with van der Waals surface area (Å²) < 4.78 is 10.6. The summed E-state index contributed by atoms with van der Waals surface area (Å²) in [6.07, 6.45) is 0.972. The maximum Gasteiger partial charge on any atom is 0.276 e. The molecular formula is C19H22N2O4. The SMILES string of the molecule is CCc1ccccc1OCC(=O)NNC(=O)Cc1ccc(OC)cc1. The van der Waals surface area contributed by atoms with Crippen molar-refractivity contribution in [3.63, 3.8) is 0 Å². The average Bonchev–Trinajstić information content (AvgIpc) is 2.65. The van der Waals surface area contributed by atoms with E-state index in [-0.39, 0.29) is 18.9 Å². The van der Waals surface area contributed by atoms with Gasteiger partial charge in [0.15, 0.2) is 6.61 Å². The van der Waals surface area contributed by atoms with Crippen molar-refractivity contribution in [3.05, 3.63) is 59.7 Å². The molecule has 2 amide bonds. The fraction of sp³-hybridized carbons (Fsp3) is 0.263. The van der Waals surface area contributed by atoms with E-state index in [0.29, 0.717) is 5.75 Å². The number of ether oxygens (including phenoxy) is 2. The lowest BCUT2D eigenvalue weighted by molar-refractivity contribution is -0.129. The van der Waals surface area contributed by atoms with E-state index in [1.54, 1.807) is 31.4 Å². The first-order valence-corrected chi connectivity index (χ1v) is 8.03. The Morgan fingerprint density at radius 2 is 1.64 bits per heavy atom. The molecule has 0 aromatic heterocycles. The first kappa shape index (κ1) is 18.3. The molecule has 6 heteroatoms. The molecule has 25 heavy (non-hydrogen) atoms. The third-order valence-corrected chi connectivity index (χ3v) is 3.58. The second kappa shape index (κ2) is 9.32. The number of hydrazine groups is 1. The molecule has 2 N–H and O–H groups in total. The van der Waals surface area contributed by atoms with E-state index in [0.717, 1.165) is 23.3 Å². The fourth-order valence-corrected chi connectivity index (χ4v) is 2.23. The molecule has 2 rings (SSSR count). The van der Waals surface area contributed by atoms with Crippen LogP contribution in [0.15, 0.2) is 48.5 Å². The number of nitrogens with one attached hydrogen (secondary N) is 2. The van der Waals surface area contributed by atoms with Crippen LogP contribution in [-0.4, -0.2) is 25.5 Å². The van der Waals surface area contributed by atoms with Crippen molar-refractivity contribution in [1.82, 2.24) is 10.9 Å². The molecule has 0 spiro atoms. The average molecular weight is 342 g/mol. The van der Waals surface area contributed by atoms with E-state index in [4.69, 9.17) is 9.47 Å². The van der Waals surface area contributed by atoms with Gasteiger partial charge in [0, 0.05) is 0 Å². The van der Waals surface area contributed by atoms with Crippen molar-refractivity contribution in [2.24, 2.45) is 0 Å². The lowest BCUT2D eigenvalue weighted by atomic mass is 10.1. The monoisotopic (exact) mass is 342 g/mol. The number of para-hydroxylation sites is 1. The van der Waals surface area contributed by atoms with Crippen LogP contribution in [0.1, 0.15) is 18.1 Å². The summed E-state index contributed by atoms with van der Waals surface area (Å²) >= 11 is 0. The molecule has 2 aromatic carbocycles. The number of carbonyl (C=O) groups excluding carboxylic acids is 2. The second-order valence-corrected chi connectivity index (χ2v) is 5.37. The summed E-state index contributed by atoms with van der Waals surface area (Å²) in [5.41, 5.74) is 6.57. The largest absolute Gasteiger partial charge is 0.497 e. The maximum atomic E-state index is 11.8. The molecule has 0 aliphatic carbocycles. The van der Waals surface area contributed by atoms with Crippen molar-refractivity contribution in [3.8, 4) is 11.5 Å². The highest BCUT2D eigenvalue weighted by atomic mass is 16.5. The Balaban J connectivity index is 1.74. The predicted octanol–water partition coefficient (Wildman–Crippen LogP) is 2.03. The van der Waals surface area contributed by atoms with Gasteiger partial charge in [-0.2, -0.15) is 0 Å². The number of carbonyl (C=O) groups is 2. The van der Waals surface area contributed by atoms with Gasteiger partial charge in [0.1, 0.15) is 11.5 Å². The van der Waals surface area contributed by atoms with Gasteiger partial charge < -0.3 is 9.47 Å². The summed E-state index contributed by atoms with van der Waals surface area (Å²) in [6.45, 7) is 1.85. The highest BCUT2D eigenvalue weighted by molar-refractivity contribution is 5.83. The third kappa shape index (κ3) is 5.84. The lowest BCUT2D eigenvalue weighted by Gasteiger charge is -2.11. The van der Waals surface area contributed by atoms with Crippen molar-refractivity contribution in [2.75, 3.05) is 13.7 Å². The summed E-state index contributed by atoms with van der Waals surface area (Å²) in [6, 6.07) is 14.7. The van der Waals surface area contributed by atoms with Crippen LogP contribution < -0.4 is 20.3 Å². The summed E-state index contributed by atoms with van der Waals surface area (Å²) in [5.74, 6) is 0.660. The van der Waals surface area contributed by atoms with Crippen LogP contribution in [0.3, 0.4) is 0 Å². The Labute approximate surface area is 147 Å². The Kier molecular flexibility index (Phi) is 6.83. The number of hydrogen-bond donors (Lipinski definition) is 2. The van der Waals surface area contributed by atoms with Crippen molar-refractivity contribution >= 4 is 11.8 Å². The molecule has 0 atom stereocenters. The highest BCUT2D eigenvalue weighted by Gasteiger charge is 2.08. The van der Waals surface area contributed by atoms with Gasteiger partial charge in [0.05, 0.1) is 13.5 Å². The Bertz CT molecular complexity index is 714. The minimum absolute atomic E-state index is 0.157. The molecule has 0 unspecified atom stereocenters. The molecule has 0 aliphatic rings. The van der Waals surface area contributed by atoms with E-state index in [1.165, 1.54) is 0 Å². The molecule has 6 nitrogen and oxygen atoms in total. The Morgan fingerprint density at radius 3 is 2.32 bits per heavy atom. The van der Waals surface area contributed by atoms with Crippen LogP contribution in [0.25, 0.3) is 0 Å². The number of benzene rings is 2. The van der Waals surface area contributed by atoms with Gasteiger partial charge in [-0.25, -0.2) is 0 Å². The first-order valence-electron chi connectivity index (χ1n) is 8.03. The topological polar surface area (TPSA) is 76.7 Å². The zero-order chi connectivity index (χ0) is 18.1. The zero-order valence-corrected chi connectivity index (χ0v) is 14.4. The van der Waals surface area contributed by atoms with E-state index < -0.39 is 5.91 Å². The normalized spacial score (nSPS) is 10.0. The van der Waals surface area contributed by atoms with Gasteiger partial charge in [-0.1, -0.05) is 37.3 Å². The standard InChI is InChI=1S/C19H22N2O4/c1-3-15-6-4-5-7-17(15)25-13-19(23)21-20-18(22)12-14-8-10-16(24-2)11-9-14/h4-11H,3,12-13H2,1-2H3,(H,20,22)(H,21,23). The smallest absolute Gasteiger partial charge is 0.276 e. The maximum absolute atomic E-state index is 11.8. The van der Waals surface area contributed by atoms with Gasteiger partial charge in [0.2, 0.25) is 5.91 Å². The van der Waals surface area contributed by atoms with E-state index in [2.05, 4.69) is 10.9 Å². The first-order chi connectivity index (χ1) is 12.1. The summed E-state index contributed by atoms with van der Waals surface area (Å²) in [5, 5.41) is 0. The van der Waals surface area contributed by atoms with Gasteiger partial charge in [-0.05, 0) is 35.7 Å². The van der Waals surface area contributed by atoms with Crippen LogP contribution >= 0.6 is 0 Å². The minimum atomic E-state index is -0.422. The van der Waals surface area contributed by atoms with Crippen LogP contribution in [0.2, 0.25) is 0 Å². The lowest BCUT2D eigenvalue weighted by Crippen LogP contribution is -2.44. The summed E-state index contributed by atoms with van der Waals surface area (Å²) in [7, 11) is 1.58. The zero-order valence-electron chi connectivity index (χ0n) is 14.4. The minimum Gasteiger partial charge on any atom is -0.497 e. The molecule has 0 saturated carbocycles. The molecule has 132 valence electrons. The van der Waals surface area contributed by atoms with E-state index in [9.17, 15) is 9.59 Å². The van der Waals surface area contributed by atoms with Crippen LogP contribution in [0.5, 0.6) is 11.5 Å². The van der Waals surface area contributed by atoms with Gasteiger partial charge >= 0.3 is 0 Å². The molecule has 0 heterocycles. The molecule has 0 aliphatic heterocycles. The molecule has 0 saturated heterocycles. The van der Waals surface area contributed by atoms with Crippen LogP contribution in [0.4, 0.5) is 0 Å². The van der Waals surface area contributed by atoms with Crippen molar-refractivity contribution in [1.29, 1.82) is 0 Å². The quantitative estimate of drug-likeness (QED) is 0.755. The van der Waals surface area contributed by atoms with Gasteiger partial charge in [-0.15, -0.1) is 0 Å². The summed E-state index contributed by atoms with van der Waals surface area (Å²) in [4.78, 5) is 23.6. The molecule has 0 fully saturated rings. The number of methoxy groups -OCH3 is 1. The van der Waals surface area contributed by atoms with Crippen molar-refractivity contribution in [2.45, 2.75) is 19.8 Å². The fourth-order valence-electron chi connectivity index (χ4n) is 2.23. The Hall–Kier alpha value is -3.02. The van der Waals surface area contributed by atoms with Crippen LogP contribution in [0, 0.1) is 0 Å².